The highest BCUT2D eigenvalue weighted by Crippen LogP contribution is 2.48. The third kappa shape index (κ3) is 2.61. The van der Waals surface area contributed by atoms with Crippen molar-refractivity contribution in [3.05, 3.63) is 10.6 Å². The van der Waals surface area contributed by atoms with Crippen molar-refractivity contribution in [3.8, 4) is 6.07 Å². The molecule has 7 nitrogen and oxygen atoms in total. The molecule has 0 aromatic carbocycles. The lowest BCUT2D eigenvalue weighted by Crippen LogP contribution is -2.60. The molecular formula is C13H16N4O3S. The van der Waals surface area contributed by atoms with Gasteiger partial charge >= 0.3 is 5.97 Å². The standard InChI is InChI=1S/C13H16N4O3S/c1-7(5-14)10-8-4-9(21-3-2-16-6-15)11(13(19)20)17(8)12(10)18/h6-8,10H,2-4H2,1H3,(H2,15,16)(H,19,20)/t7-,8+,10-/m0/s1. The molecule has 3 atom stereocenters. The summed E-state index contributed by atoms with van der Waals surface area (Å²) in [6.07, 6.45) is 1.71. The summed E-state index contributed by atoms with van der Waals surface area (Å²) < 4.78 is 0. The third-order valence-electron chi connectivity index (χ3n) is 3.72. The molecule has 2 rings (SSSR count). The summed E-state index contributed by atoms with van der Waals surface area (Å²) in [6.45, 7) is 2.19. The number of aliphatic imine (C=N–C) groups is 1. The molecule has 1 saturated heterocycles. The van der Waals surface area contributed by atoms with E-state index in [1.54, 1.807) is 6.92 Å². The second-order valence-electron chi connectivity index (χ2n) is 4.90. The summed E-state index contributed by atoms with van der Waals surface area (Å²) in [7, 11) is 0. The Morgan fingerprint density at radius 3 is 3.05 bits per heavy atom. The smallest absolute Gasteiger partial charge is 0.353 e. The van der Waals surface area contributed by atoms with Crippen LogP contribution >= 0.6 is 11.8 Å². The van der Waals surface area contributed by atoms with E-state index in [9.17, 15) is 14.7 Å². The average molecular weight is 308 g/mol. The fraction of sp³-hybridized carbons (Fsp3) is 0.538. The van der Waals surface area contributed by atoms with E-state index < -0.39 is 17.8 Å². The normalized spacial score (nSPS) is 25.7. The van der Waals surface area contributed by atoms with E-state index in [1.165, 1.54) is 23.0 Å². The van der Waals surface area contributed by atoms with Crippen LogP contribution in [0, 0.1) is 23.2 Å². The Labute approximate surface area is 126 Å². The number of aliphatic carboxylic acids is 1. The van der Waals surface area contributed by atoms with Gasteiger partial charge in [0.1, 0.15) is 5.70 Å². The van der Waals surface area contributed by atoms with Crippen LogP contribution in [0.5, 0.6) is 0 Å². The molecule has 0 aromatic heterocycles. The number of hydrogen-bond acceptors (Lipinski definition) is 5. The van der Waals surface area contributed by atoms with Crippen LogP contribution in [0.2, 0.25) is 0 Å². The van der Waals surface area contributed by atoms with E-state index in [0.29, 0.717) is 23.6 Å². The monoisotopic (exact) mass is 308 g/mol. The Morgan fingerprint density at radius 1 is 1.76 bits per heavy atom. The number of rotatable bonds is 6. The van der Waals surface area contributed by atoms with Crippen molar-refractivity contribution >= 4 is 30.0 Å². The first-order chi connectivity index (χ1) is 10.0. The Kier molecular flexibility index (Phi) is 4.53. The molecule has 0 bridgehead atoms. The van der Waals surface area contributed by atoms with Crippen molar-refractivity contribution in [3.63, 3.8) is 0 Å². The Morgan fingerprint density at radius 2 is 2.48 bits per heavy atom. The van der Waals surface area contributed by atoms with E-state index in [-0.39, 0.29) is 17.6 Å². The second-order valence-corrected chi connectivity index (χ2v) is 6.09. The van der Waals surface area contributed by atoms with Gasteiger partial charge < -0.3 is 15.7 Å². The van der Waals surface area contributed by atoms with Gasteiger partial charge in [0.25, 0.3) is 0 Å². The lowest BCUT2D eigenvalue weighted by atomic mass is 9.79. The molecule has 0 radical (unpaired) electrons. The SMILES string of the molecule is C[C@@H](C#N)[C@@H]1C(=O)N2C(C(=O)O)=C(SCCN=CN)C[C@H]12. The molecule has 0 unspecified atom stereocenters. The number of nitrogens with two attached hydrogens (primary N) is 1. The number of carboxylic acid groups (broad SMARTS) is 1. The summed E-state index contributed by atoms with van der Waals surface area (Å²) in [4.78, 5) is 29.4. The van der Waals surface area contributed by atoms with Gasteiger partial charge in [0.2, 0.25) is 5.91 Å². The van der Waals surface area contributed by atoms with Crippen LogP contribution in [0.4, 0.5) is 0 Å². The fourth-order valence-corrected chi connectivity index (χ4v) is 3.81. The van der Waals surface area contributed by atoms with Gasteiger partial charge in [0.15, 0.2) is 0 Å². The fourth-order valence-electron chi connectivity index (χ4n) is 2.76. The van der Waals surface area contributed by atoms with Gasteiger partial charge in [0, 0.05) is 17.1 Å². The van der Waals surface area contributed by atoms with Crippen LogP contribution in [-0.2, 0) is 9.59 Å². The van der Waals surface area contributed by atoms with Gasteiger partial charge in [-0.25, -0.2) is 4.79 Å². The van der Waals surface area contributed by atoms with Crippen LogP contribution in [0.3, 0.4) is 0 Å². The van der Waals surface area contributed by atoms with Gasteiger partial charge in [-0.3, -0.25) is 9.79 Å². The molecule has 0 saturated carbocycles. The van der Waals surface area contributed by atoms with Crippen molar-refractivity contribution in [1.82, 2.24) is 4.90 Å². The number of β-lactam (4-membered cyclic amide) rings is 1. The number of thioether (sulfide) groups is 1. The van der Waals surface area contributed by atoms with Crippen molar-refractivity contribution in [1.29, 1.82) is 5.26 Å². The number of nitrogens with zero attached hydrogens (tertiary/aromatic N) is 3. The zero-order chi connectivity index (χ0) is 15.6. The highest BCUT2D eigenvalue weighted by molar-refractivity contribution is 8.03. The quantitative estimate of drug-likeness (QED) is 0.317. The maximum Gasteiger partial charge on any atom is 0.353 e. The first kappa shape index (κ1) is 15.4. The minimum Gasteiger partial charge on any atom is -0.477 e. The van der Waals surface area contributed by atoms with Crippen molar-refractivity contribution in [2.75, 3.05) is 12.3 Å². The number of carboxylic acids is 1. The number of amides is 1. The van der Waals surface area contributed by atoms with E-state index in [0.717, 1.165) is 0 Å². The van der Waals surface area contributed by atoms with Crippen molar-refractivity contribution < 1.29 is 14.7 Å². The summed E-state index contributed by atoms with van der Waals surface area (Å²) in [5.74, 6) is -1.56. The predicted molar refractivity (Wildman–Crippen MR) is 78.2 cm³/mol. The van der Waals surface area contributed by atoms with E-state index >= 15 is 0 Å². The molecule has 0 aromatic rings. The highest BCUT2D eigenvalue weighted by Gasteiger charge is 2.56. The Bertz CT molecular complexity index is 566. The van der Waals surface area contributed by atoms with Gasteiger partial charge in [-0.1, -0.05) is 0 Å². The van der Waals surface area contributed by atoms with Gasteiger partial charge in [-0.05, 0) is 6.92 Å². The van der Waals surface area contributed by atoms with Crippen LogP contribution < -0.4 is 5.73 Å². The molecule has 2 aliphatic heterocycles. The van der Waals surface area contributed by atoms with Gasteiger partial charge in [-0.2, -0.15) is 5.26 Å². The highest BCUT2D eigenvalue weighted by atomic mass is 32.2. The first-order valence-electron chi connectivity index (χ1n) is 6.54. The maximum absolute atomic E-state index is 12.1. The molecule has 8 heteroatoms. The molecule has 112 valence electrons. The molecule has 2 heterocycles. The number of nitriles is 1. The molecule has 3 N–H and O–H groups in total. The first-order valence-corrected chi connectivity index (χ1v) is 7.53. The summed E-state index contributed by atoms with van der Waals surface area (Å²) in [6, 6.07) is 1.88. The number of carbonyl (C=O) groups excluding carboxylic acids is 1. The van der Waals surface area contributed by atoms with Crippen LogP contribution in [0.25, 0.3) is 0 Å². The minimum absolute atomic E-state index is 0.0631. The van der Waals surface area contributed by atoms with Gasteiger partial charge in [0.05, 0.1) is 36.8 Å². The summed E-state index contributed by atoms with van der Waals surface area (Å²) >= 11 is 1.38. The lowest BCUT2D eigenvalue weighted by molar-refractivity contribution is -0.156. The Hall–Kier alpha value is -2.01. The van der Waals surface area contributed by atoms with E-state index in [1.807, 2.05) is 0 Å². The predicted octanol–water partition coefficient (Wildman–Crippen LogP) is 0.393. The topological polar surface area (TPSA) is 120 Å². The average Bonchev–Trinajstić information content (AvgIpc) is 2.78. The molecule has 21 heavy (non-hydrogen) atoms. The molecule has 2 aliphatic rings. The minimum atomic E-state index is -1.10. The summed E-state index contributed by atoms with van der Waals surface area (Å²) in [5.41, 5.74) is 5.21. The molecule has 1 amide bonds. The molecule has 0 aliphatic carbocycles. The Balaban J connectivity index is 2.13. The van der Waals surface area contributed by atoms with Gasteiger partial charge in [-0.15, -0.1) is 11.8 Å². The molecular weight excluding hydrogens is 292 g/mol. The van der Waals surface area contributed by atoms with E-state index in [4.69, 9.17) is 11.0 Å². The second kappa shape index (κ2) is 6.18. The lowest BCUT2D eigenvalue weighted by Gasteiger charge is -2.44. The van der Waals surface area contributed by atoms with Crippen molar-refractivity contribution in [2.45, 2.75) is 19.4 Å². The van der Waals surface area contributed by atoms with Crippen LogP contribution in [0.15, 0.2) is 15.6 Å². The number of hydrogen-bond donors (Lipinski definition) is 2. The zero-order valence-electron chi connectivity index (χ0n) is 11.5. The van der Waals surface area contributed by atoms with Crippen LogP contribution in [0.1, 0.15) is 13.3 Å². The zero-order valence-corrected chi connectivity index (χ0v) is 12.3. The maximum atomic E-state index is 12.1. The van der Waals surface area contributed by atoms with Crippen molar-refractivity contribution in [2.24, 2.45) is 22.6 Å². The number of carbonyl (C=O) groups is 2. The summed E-state index contributed by atoms with van der Waals surface area (Å²) in [5, 5.41) is 18.3. The number of fused-ring (bicyclic) bond motifs is 1. The largest absolute Gasteiger partial charge is 0.477 e. The molecule has 1 fully saturated rings. The third-order valence-corrected chi connectivity index (χ3v) is 4.81. The molecule has 0 spiro atoms. The van der Waals surface area contributed by atoms with E-state index in [2.05, 4.69) is 11.1 Å². The van der Waals surface area contributed by atoms with Crippen LogP contribution in [-0.4, -0.2) is 46.6 Å².